The smallest absolute Gasteiger partial charge is 0.311 e. The van der Waals surface area contributed by atoms with Crippen molar-refractivity contribution in [2.45, 2.75) is 43.9 Å². The molecule has 1 aromatic rings. The molecular weight excluding hydrogens is 277 g/mol. The molecule has 0 atom stereocenters. The molecule has 0 aliphatic heterocycles. The van der Waals surface area contributed by atoms with E-state index in [1.165, 1.54) is 25.7 Å². The molecule has 0 aromatic heterocycles. The Morgan fingerprint density at radius 3 is 2.14 bits per heavy atom. The Bertz CT molecular complexity index is 446. The van der Waals surface area contributed by atoms with Crippen LogP contribution in [0.25, 0.3) is 0 Å². The summed E-state index contributed by atoms with van der Waals surface area (Å²) in [6, 6.07) is 5.39. The van der Waals surface area contributed by atoms with E-state index in [-0.39, 0.29) is 5.54 Å². The molecule has 5 heteroatoms. The summed E-state index contributed by atoms with van der Waals surface area (Å²) in [6.07, 6.45) is 0.602. The van der Waals surface area contributed by atoms with Crippen molar-refractivity contribution in [3.8, 4) is 0 Å². The van der Waals surface area contributed by atoms with Crippen LogP contribution in [0.3, 0.4) is 0 Å². The van der Waals surface area contributed by atoms with Crippen LogP contribution in [0.1, 0.15) is 36.8 Å². The molecular formula is C16H23F3N2. The van der Waals surface area contributed by atoms with E-state index in [2.05, 4.69) is 24.3 Å². The van der Waals surface area contributed by atoms with Crippen LogP contribution >= 0.6 is 0 Å². The normalized spacial score (nSPS) is 18.4. The molecule has 0 amide bonds. The highest BCUT2D eigenvalue weighted by Gasteiger charge is 2.35. The molecule has 0 spiro atoms. The number of alkyl halides is 3. The number of likely N-dealkylation sites (N-methyl/N-ethyl adjacent to an activating group) is 1. The third-order valence-corrected chi connectivity index (χ3v) is 4.55. The van der Waals surface area contributed by atoms with Gasteiger partial charge >= 0.3 is 6.18 Å². The van der Waals surface area contributed by atoms with Gasteiger partial charge in [0.2, 0.25) is 0 Å². The van der Waals surface area contributed by atoms with Crippen molar-refractivity contribution >= 4 is 0 Å². The molecule has 0 heterocycles. The minimum absolute atomic E-state index is 0.200. The van der Waals surface area contributed by atoms with Gasteiger partial charge in [0.1, 0.15) is 0 Å². The van der Waals surface area contributed by atoms with Gasteiger partial charge in [-0.05, 0) is 44.6 Å². The van der Waals surface area contributed by atoms with Crippen molar-refractivity contribution in [2.24, 2.45) is 0 Å². The molecule has 2 nitrogen and oxygen atoms in total. The topological polar surface area (TPSA) is 15.3 Å². The fourth-order valence-electron chi connectivity index (χ4n) is 3.07. The first-order valence-electron chi connectivity index (χ1n) is 7.38. The fraction of sp³-hybridized carbons (Fsp3) is 0.625. The summed E-state index contributed by atoms with van der Waals surface area (Å²) in [4.78, 5) is 2.28. The maximum absolute atomic E-state index is 12.5. The lowest BCUT2D eigenvalue weighted by molar-refractivity contribution is -0.137. The second kappa shape index (κ2) is 6.36. The van der Waals surface area contributed by atoms with Crippen molar-refractivity contribution in [3.63, 3.8) is 0 Å². The first kappa shape index (κ1) is 16.3. The van der Waals surface area contributed by atoms with Crippen LogP contribution in [0.4, 0.5) is 13.2 Å². The van der Waals surface area contributed by atoms with Gasteiger partial charge in [-0.2, -0.15) is 13.2 Å². The third kappa shape index (κ3) is 3.98. The van der Waals surface area contributed by atoms with Crippen molar-refractivity contribution in [2.75, 3.05) is 20.6 Å². The number of nitrogens with zero attached hydrogens (tertiary/aromatic N) is 1. The van der Waals surface area contributed by atoms with Gasteiger partial charge in [-0.25, -0.2) is 0 Å². The van der Waals surface area contributed by atoms with Crippen molar-refractivity contribution < 1.29 is 13.2 Å². The molecule has 21 heavy (non-hydrogen) atoms. The van der Waals surface area contributed by atoms with Gasteiger partial charge in [-0.15, -0.1) is 0 Å². The van der Waals surface area contributed by atoms with Crippen molar-refractivity contribution in [1.82, 2.24) is 10.2 Å². The molecule has 1 aromatic carbocycles. The second-order valence-corrected chi connectivity index (χ2v) is 6.12. The lowest BCUT2D eigenvalue weighted by Gasteiger charge is -2.36. The predicted molar refractivity (Wildman–Crippen MR) is 78.0 cm³/mol. The number of hydrogen-bond donors (Lipinski definition) is 1. The molecule has 2 rings (SSSR count). The molecule has 1 aliphatic rings. The van der Waals surface area contributed by atoms with Gasteiger partial charge in [0.05, 0.1) is 5.56 Å². The second-order valence-electron chi connectivity index (χ2n) is 6.12. The maximum Gasteiger partial charge on any atom is 0.416 e. The summed E-state index contributed by atoms with van der Waals surface area (Å²) in [5, 5.41) is 3.40. The highest BCUT2D eigenvalue weighted by Crippen LogP contribution is 2.33. The van der Waals surface area contributed by atoms with Gasteiger partial charge in [0.15, 0.2) is 0 Å². The largest absolute Gasteiger partial charge is 0.416 e. The van der Waals surface area contributed by atoms with Crippen LogP contribution < -0.4 is 5.32 Å². The SMILES string of the molecule is CN(C)C1(CNCc2ccc(C(F)(F)F)cc2)CCCC1. The maximum atomic E-state index is 12.5. The van der Waals surface area contributed by atoms with Crippen LogP contribution in [0.2, 0.25) is 0 Å². The summed E-state index contributed by atoms with van der Waals surface area (Å²) in [6.45, 7) is 1.48. The number of hydrogen-bond acceptors (Lipinski definition) is 2. The number of nitrogens with one attached hydrogen (secondary N) is 1. The van der Waals surface area contributed by atoms with E-state index in [4.69, 9.17) is 0 Å². The number of halogens is 3. The van der Waals surface area contributed by atoms with E-state index in [1.54, 1.807) is 12.1 Å². The quantitative estimate of drug-likeness (QED) is 0.892. The van der Waals surface area contributed by atoms with Crippen LogP contribution in [0, 0.1) is 0 Å². The number of rotatable bonds is 5. The first-order chi connectivity index (χ1) is 9.83. The average molecular weight is 300 g/mol. The first-order valence-corrected chi connectivity index (χ1v) is 7.38. The summed E-state index contributed by atoms with van der Waals surface area (Å²) in [7, 11) is 4.20. The molecule has 1 aliphatic carbocycles. The van der Waals surface area contributed by atoms with Crippen LogP contribution in [-0.2, 0) is 12.7 Å². The Morgan fingerprint density at radius 2 is 1.67 bits per heavy atom. The molecule has 1 fully saturated rings. The summed E-state index contributed by atoms with van der Waals surface area (Å²) < 4.78 is 37.5. The average Bonchev–Trinajstić information content (AvgIpc) is 2.88. The molecule has 1 saturated carbocycles. The number of benzene rings is 1. The third-order valence-electron chi connectivity index (χ3n) is 4.55. The Labute approximate surface area is 124 Å². The van der Waals surface area contributed by atoms with Gasteiger partial charge in [-0.1, -0.05) is 25.0 Å². The molecule has 0 unspecified atom stereocenters. The van der Waals surface area contributed by atoms with Crippen LogP contribution in [0.5, 0.6) is 0 Å². The van der Waals surface area contributed by atoms with Crippen LogP contribution in [0.15, 0.2) is 24.3 Å². The van der Waals surface area contributed by atoms with Crippen molar-refractivity contribution in [3.05, 3.63) is 35.4 Å². The minimum Gasteiger partial charge on any atom is -0.311 e. The zero-order chi connectivity index (χ0) is 15.5. The predicted octanol–water partition coefficient (Wildman–Crippen LogP) is 3.67. The van der Waals surface area contributed by atoms with E-state index in [0.717, 1.165) is 24.2 Å². The van der Waals surface area contributed by atoms with Crippen molar-refractivity contribution in [1.29, 1.82) is 0 Å². The lowest BCUT2D eigenvalue weighted by atomic mass is 9.96. The molecule has 0 bridgehead atoms. The zero-order valence-corrected chi connectivity index (χ0v) is 12.6. The van der Waals surface area contributed by atoms with Crippen LogP contribution in [-0.4, -0.2) is 31.1 Å². The zero-order valence-electron chi connectivity index (χ0n) is 12.6. The standard InChI is InChI=1S/C16H23F3N2/c1-21(2)15(9-3-4-10-15)12-20-11-13-5-7-14(8-6-13)16(17,18)19/h5-8,20H,3-4,9-12H2,1-2H3. The highest BCUT2D eigenvalue weighted by molar-refractivity contribution is 5.24. The summed E-state index contributed by atoms with van der Waals surface area (Å²) in [5.74, 6) is 0. The van der Waals surface area contributed by atoms with E-state index in [0.29, 0.717) is 6.54 Å². The summed E-state index contributed by atoms with van der Waals surface area (Å²) in [5.41, 5.74) is 0.494. The van der Waals surface area contributed by atoms with Gasteiger partial charge in [0, 0.05) is 18.6 Å². The van der Waals surface area contributed by atoms with Gasteiger partial charge in [0.25, 0.3) is 0 Å². The Morgan fingerprint density at radius 1 is 1.10 bits per heavy atom. The van der Waals surface area contributed by atoms with E-state index in [1.807, 2.05) is 0 Å². The molecule has 0 radical (unpaired) electrons. The minimum atomic E-state index is -4.26. The molecule has 0 saturated heterocycles. The van der Waals surface area contributed by atoms with E-state index >= 15 is 0 Å². The molecule has 1 N–H and O–H groups in total. The van der Waals surface area contributed by atoms with E-state index in [9.17, 15) is 13.2 Å². The summed E-state index contributed by atoms with van der Waals surface area (Å²) >= 11 is 0. The monoisotopic (exact) mass is 300 g/mol. The Hall–Kier alpha value is -1.07. The fourth-order valence-corrected chi connectivity index (χ4v) is 3.07. The van der Waals surface area contributed by atoms with Gasteiger partial charge < -0.3 is 10.2 Å². The lowest BCUT2D eigenvalue weighted by Crippen LogP contribution is -2.49. The Kier molecular flexibility index (Phi) is 4.94. The molecule has 118 valence electrons. The highest BCUT2D eigenvalue weighted by atomic mass is 19.4. The Balaban J connectivity index is 1.88. The van der Waals surface area contributed by atoms with E-state index < -0.39 is 11.7 Å². The van der Waals surface area contributed by atoms with Gasteiger partial charge in [-0.3, -0.25) is 0 Å².